The molecule has 1 heterocycles. The number of amides is 2. The van der Waals surface area contributed by atoms with Crippen LogP contribution in [-0.4, -0.2) is 51.0 Å². The number of pyridine rings is 1. The van der Waals surface area contributed by atoms with Crippen LogP contribution in [0.5, 0.6) is 0 Å². The summed E-state index contributed by atoms with van der Waals surface area (Å²) in [5.74, 6) is -3.66. The highest BCUT2D eigenvalue weighted by atomic mass is 16.4. The molecule has 2 rings (SSSR count). The topological polar surface area (TPSA) is 186 Å². The first kappa shape index (κ1) is 23.2. The van der Waals surface area contributed by atoms with Crippen LogP contribution in [-0.2, 0) is 20.8 Å². The van der Waals surface area contributed by atoms with Gasteiger partial charge in [-0.05, 0) is 17.7 Å². The van der Waals surface area contributed by atoms with Crippen molar-refractivity contribution in [2.45, 2.75) is 24.9 Å². The number of carbonyl (C=O) groups excluding carboxylic acids is 2. The zero-order chi connectivity index (χ0) is 21.8. The summed E-state index contributed by atoms with van der Waals surface area (Å²) in [6.45, 7) is 0. The van der Waals surface area contributed by atoms with Crippen LogP contribution in [0.2, 0.25) is 0 Å². The van der Waals surface area contributed by atoms with Crippen LogP contribution in [0.15, 0.2) is 54.9 Å². The zero-order valence-corrected chi connectivity index (χ0v) is 15.4. The summed E-state index contributed by atoms with van der Waals surface area (Å²) >= 11 is 0. The van der Waals surface area contributed by atoms with Crippen molar-refractivity contribution in [3.05, 3.63) is 66.0 Å². The second kappa shape index (κ2) is 11.8. The fourth-order valence-electron chi connectivity index (χ4n) is 2.12. The maximum Gasteiger partial charge on any atom is 0.326 e. The van der Waals surface area contributed by atoms with Gasteiger partial charge in [-0.15, -0.1) is 0 Å². The van der Waals surface area contributed by atoms with E-state index in [1.165, 1.54) is 6.20 Å². The van der Waals surface area contributed by atoms with Crippen molar-refractivity contribution >= 4 is 23.8 Å². The molecule has 10 heteroatoms. The number of benzene rings is 1. The monoisotopic (exact) mass is 402 g/mol. The lowest BCUT2D eigenvalue weighted by Gasteiger charge is -2.17. The van der Waals surface area contributed by atoms with Gasteiger partial charge in [-0.25, -0.2) is 4.79 Å². The summed E-state index contributed by atoms with van der Waals surface area (Å²) < 4.78 is 0. The molecular formula is C19H22N4O6. The number of nitrogens with one attached hydrogen (secondary N) is 1. The molecule has 1 aromatic carbocycles. The number of primary amides is 1. The smallest absolute Gasteiger partial charge is 0.326 e. The molecule has 154 valence electrons. The number of nitrogens with zero attached hydrogens (tertiary/aromatic N) is 1. The first-order chi connectivity index (χ1) is 13.7. The Morgan fingerprint density at radius 2 is 1.69 bits per heavy atom. The first-order valence-corrected chi connectivity index (χ1v) is 8.45. The van der Waals surface area contributed by atoms with E-state index in [9.17, 15) is 19.2 Å². The van der Waals surface area contributed by atoms with Gasteiger partial charge in [-0.2, -0.15) is 0 Å². The predicted molar refractivity (Wildman–Crippen MR) is 103 cm³/mol. The van der Waals surface area contributed by atoms with Gasteiger partial charge in [0.2, 0.25) is 11.8 Å². The third-order valence-electron chi connectivity index (χ3n) is 3.57. The number of hydrogen-bond donors (Lipinski definition) is 5. The van der Waals surface area contributed by atoms with Gasteiger partial charge in [0.25, 0.3) is 0 Å². The summed E-state index contributed by atoms with van der Waals surface area (Å²) in [6.07, 6.45) is 2.57. The Balaban J connectivity index is 0.000000387. The van der Waals surface area contributed by atoms with E-state index in [0.29, 0.717) is 5.56 Å². The van der Waals surface area contributed by atoms with Gasteiger partial charge >= 0.3 is 11.9 Å². The molecule has 0 bridgehead atoms. The molecule has 2 amide bonds. The van der Waals surface area contributed by atoms with E-state index < -0.39 is 42.3 Å². The van der Waals surface area contributed by atoms with E-state index in [2.05, 4.69) is 10.3 Å². The molecule has 10 nitrogen and oxygen atoms in total. The Kier molecular flexibility index (Phi) is 9.48. The number of aliphatic carboxylic acids is 2. The minimum atomic E-state index is -1.27. The van der Waals surface area contributed by atoms with Crippen LogP contribution in [0.3, 0.4) is 0 Å². The lowest BCUT2D eigenvalue weighted by molar-refractivity contribution is -0.142. The number of aromatic nitrogens is 1. The van der Waals surface area contributed by atoms with E-state index >= 15 is 0 Å². The van der Waals surface area contributed by atoms with Crippen LogP contribution < -0.4 is 16.8 Å². The molecule has 2 aromatic rings. The average Bonchev–Trinajstić information content (AvgIpc) is 2.68. The summed E-state index contributed by atoms with van der Waals surface area (Å²) in [7, 11) is 0. The molecule has 2 atom stereocenters. The Labute approximate surface area is 166 Å². The quantitative estimate of drug-likeness (QED) is 0.401. The van der Waals surface area contributed by atoms with Gasteiger partial charge in [-0.3, -0.25) is 19.4 Å². The average molecular weight is 402 g/mol. The molecular weight excluding hydrogens is 380 g/mol. The molecule has 1 aromatic heterocycles. The highest BCUT2D eigenvalue weighted by Crippen LogP contribution is 2.04. The number of carboxylic acids is 2. The minimum Gasteiger partial charge on any atom is -0.481 e. The molecule has 0 radical (unpaired) electrons. The summed E-state index contributed by atoms with van der Waals surface area (Å²) in [5, 5.41) is 19.9. The Bertz CT molecular complexity index is 829. The Hall–Kier alpha value is -3.79. The molecule has 29 heavy (non-hydrogen) atoms. The molecule has 0 saturated heterocycles. The van der Waals surface area contributed by atoms with E-state index in [1.54, 1.807) is 48.7 Å². The lowest BCUT2D eigenvalue weighted by atomic mass is 10.1. The van der Waals surface area contributed by atoms with Crippen LogP contribution in [0.1, 0.15) is 22.3 Å². The van der Waals surface area contributed by atoms with E-state index in [0.717, 1.165) is 5.56 Å². The molecule has 0 fully saturated rings. The normalized spacial score (nSPS) is 11.9. The third-order valence-corrected chi connectivity index (χ3v) is 3.57. The lowest BCUT2D eigenvalue weighted by Crippen LogP contribution is -2.49. The number of rotatable bonds is 8. The molecule has 0 unspecified atom stereocenters. The SMILES string of the molecule is NC(=O)c1cccnc1.N[C@@H](CC(=O)O)C(=O)N[C@@H](Cc1ccccc1)C(=O)O. The van der Waals surface area contributed by atoms with Gasteiger partial charge < -0.3 is 27.0 Å². The van der Waals surface area contributed by atoms with Crippen molar-refractivity contribution in [1.82, 2.24) is 10.3 Å². The molecule has 0 aliphatic rings. The third kappa shape index (κ3) is 9.11. The molecule has 0 saturated carbocycles. The standard InChI is InChI=1S/C13H16N2O5.C6H6N2O/c14-9(7-11(16)17)12(18)15-10(13(19)20)6-8-4-2-1-3-5-8;7-6(9)5-2-1-3-8-4-5/h1-5,9-10H,6-7,14H2,(H,15,18)(H,16,17)(H,19,20);1-4H,(H2,7,9)/t9-,10-;/m0./s1. The fourth-order valence-corrected chi connectivity index (χ4v) is 2.12. The summed E-state index contributed by atoms with van der Waals surface area (Å²) in [4.78, 5) is 47.3. The van der Waals surface area contributed by atoms with Gasteiger partial charge in [-0.1, -0.05) is 30.3 Å². The van der Waals surface area contributed by atoms with Crippen LogP contribution >= 0.6 is 0 Å². The van der Waals surface area contributed by atoms with Gasteiger partial charge in [0.15, 0.2) is 0 Å². The minimum absolute atomic E-state index is 0.0989. The zero-order valence-electron chi connectivity index (χ0n) is 15.4. The van der Waals surface area contributed by atoms with E-state index in [-0.39, 0.29) is 6.42 Å². The number of carbonyl (C=O) groups is 4. The van der Waals surface area contributed by atoms with Crippen LogP contribution in [0.25, 0.3) is 0 Å². The van der Waals surface area contributed by atoms with Crippen LogP contribution in [0.4, 0.5) is 0 Å². The molecule has 7 N–H and O–H groups in total. The van der Waals surface area contributed by atoms with Gasteiger partial charge in [0.1, 0.15) is 6.04 Å². The second-order valence-electron chi connectivity index (χ2n) is 5.90. The van der Waals surface area contributed by atoms with E-state index in [4.69, 9.17) is 21.7 Å². The van der Waals surface area contributed by atoms with Crippen LogP contribution in [0, 0.1) is 0 Å². The largest absolute Gasteiger partial charge is 0.481 e. The Morgan fingerprint density at radius 3 is 2.14 bits per heavy atom. The second-order valence-corrected chi connectivity index (χ2v) is 5.90. The molecule has 0 spiro atoms. The Morgan fingerprint density at radius 1 is 1.03 bits per heavy atom. The van der Waals surface area contributed by atoms with Crippen molar-refractivity contribution in [2.24, 2.45) is 11.5 Å². The van der Waals surface area contributed by atoms with Crippen molar-refractivity contribution in [2.75, 3.05) is 0 Å². The summed E-state index contributed by atoms with van der Waals surface area (Å²) in [5.41, 5.74) is 11.5. The van der Waals surface area contributed by atoms with E-state index in [1.807, 2.05) is 0 Å². The summed E-state index contributed by atoms with van der Waals surface area (Å²) in [6, 6.07) is 9.64. The van der Waals surface area contributed by atoms with Crippen molar-refractivity contribution in [3.63, 3.8) is 0 Å². The number of carboxylic acid groups (broad SMARTS) is 2. The first-order valence-electron chi connectivity index (χ1n) is 8.45. The van der Waals surface area contributed by atoms with Gasteiger partial charge in [0, 0.05) is 18.8 Å². The number of nitrogens with two attached hydrogens (primary N) is 2. The van der Waals surface area contributed by atoms with Crippen molar-refractivity contribution in [1.29, 1.82) is 0 Å². The van der Waals surface area contributed by atoms with Crippen molar-refractivity contribution < 1.29 is 29.4 Å². The fraction of sp³-hybridized carbons (Fsp3) is 0.211. The van der Waals surface area contributed by atoms with Crippen molar-refractivity contribution in [3.8, 4) is 0 Å². The highest BCUT2D eigenvalue weighted by Gasteiger charge is 2.24. The van der Waals surface area contributed by atoms with Gasteiger partial charge in [0.05, 0.1) is 18.0 Å². The maximum atomic E-state index is 11.6. The predicted octanol–water partition coefficient (Wildman–Crippen LogP) is -0.219. The molecule has 0 aliphatic heterocycles. The highest BCUT2D eigenvalue weighted by molar-refractivity contribution is 5.92. The number of hydrogen-bond acceptors (Lipinski definition) is 6. The maximum absolute atomic E-state index is 11.6. The molecule has 0 aliphatic carbocycles.